The van der Waals surface area contributed by atoms with Crippen LogP contribution in [-0.2, 0) is 0 Å². The smallest absolute Gasteiger partial charge is 0.0541 e. The van der Waals surface area contributed by atoms with Gasteiger partial charge in [-0.1, -0.05) is 143 Å². The van der Waals surface area contributed by atoms with Crippen LogP contribution in [0.4, 0.5) is 0 Å². The van der Waals surface area contributed by atoms with Gasteiger partial charge in [0.15, 0.2) is 0 Å². The first-order valence-electron chi connectivity index (χ1n) is 14.9. The monoisotopic (exact) mass is 625 g/mol. The molecule has 1 heterocycles. The van der Waals surface area contributed by atoms with Crippen molar-refractivity contribution in [3.63, 3.8) is 0 Å². The van der Waals surface area contributed by atoms with Crippen molar-refractivity contribution in [2.45, 2.75) is 0 Å². The minimum absolute atomic E-state index is 1.08. The van der Waals surface area contributed by atoms with Crippen molar-refractivity contribution < 1.29 is 0 Å². The van der Waals surface area contributed by atoms with Crippen LogP contribution in [0.2, 0.25) is 0 Å². The quantitative estimate of drug-likeness (QED) is 0.179. The number of hydrogen-bond acceptors (Lipinski definition) is 0. The van der Waals surface area contributed by atoms with Gasteiger partial charge in [0.25, 0.3) is 0 Å². The minimum atomic E-state index is 1.08. The Morgan fingerprint density at radius 3 is 1.59 bits per heavy atom. The second-order valence-corrected chi connectivity index (χ2v) is 12.1. The molecule has 0 bridgehead atoms. The summed E-state index contributed by atoms with van der Waals surface area (Å²) in [7, 11) is 0. The highest BCUT2D eigenvalue weighted by Crippen LogP contribution is 2.39. The van der Waals surface area contributed by atoms with Crippen molar-refractivity contribution in [2.75, 3.05) is 0 Å². The Balaban J connectivity index is 1.38. The van der Waals surface area contributed by atoms with E-state index >= 15 is 0 Å². The molecule has 44 heavy (non-hydrogen) atoms. The number of halogens is 1. The largest absolute Gasteiger partial charge is 0.309 e. The van der Waals surface area contributed by atoms with Crippen molar-refractivity contribution in [3.05, 3.63) is 174 Å². The molecule has 1 nitrogen and oxygen atoms in total. The van der Waals surface area contributed by atoms with Crippen molar-refractivity contribution in [3.8, 4) is 50.2 Å². The lowest BCUT2D eigenvalue weighted by Gasteiger charge is -2.16. The summed E-state index contributed by atoms with van der Waals surface area (Å²) in [6, 6.07) is 61.2. The van der Waals surface area contributed by atoms with Crippen LogP contribution in [0.3, 0.4) is 0 Å². The normalized spacial score (nSPS) is 11.3. The van der Waals surface area contributed by atoms with E-state index in [2.05, 4.69) is 190 Å². The van der Waals surface area contributed by atoms with Crippen LogP contribution in [0.25, 0.3) is 72.0 Å². The summed E-state index contributed by atoms with van der Waals surface area (Å²) >= 11 is 3.71. The summed E-state index contributed by atoms with van der Waals surface area (Å²) in [5, 5.41) is 2.48. The number of nitrogens with zero attached hydrogens (tertiary/aromatic N) is 1. The zero-order valence-corrected chi connectivity index (χ0v) is 25.6. The van der Waals surface area contributed by atoms with Crippen molar-refractivity contribution in [2.24, 2.45) is 0 Å². The van der Waals surface area contributed by atoms with Crippen LogP contribution in [-0.4, -0.2) is 4.57 Å². The van der Waals surface area contributed by atoms with Gasteiger partial charge in [0.2, 0.25) is 0 Å². The van der Waals surface area contributed by atoms with Crippen molar-refractivity contribution in [1.29, 1.82) is 0 Å². The highest BCUT2D eigenvalue weighted by atomic mass is 79.9. The Hall–Kier alpha value is -5.18. The molecule has 0 aliphatic heterocycles. The molecule has 0 saturated heterocycles. The fourth-order valence-electron chi connectivity index (χ4n) is 6.38. The zero-order valence-electron chi connectivity index (χ0n) is 24.0. The minimum Gasteiger partial charge on any atom is -0.309 e. The van der Waals surface area contributed by atoms with Gasteiger partial charge in [-0.05, 0) is 87.0 Å². The first-order valence-corrected chi connectivity index (χ1v) is 15.7. The third-order valence-corrected chi connectivity index (χ3v) is 8.95. The third kappa shape index (κ3) is 4.74. The molecule has 7 aromatic carbocycles. The van der Waals surface area contributed by atoms with E-state index in [1.54, 1.807) is 0 Å². The fraction of sp³-hybridized carbons (Fsp3) is 0. The molecule has 0 fully saturated rings. The van der Waals surface area contributed by atoms with E-state index in [9.17, 15) is 0 Å². The first-order chi connectivity index (χ1) is 21.7. The Labute approximate surface area is 265 Å². The van der Waals surface area contributed by atoms with E-state index in [4.69, 9.17) is 0 Å². The average molecular weight is 627 g/mol. The number of fused-ring (bicyclic) bond motifs is 3. The number of para-hydroxylation sites is 1. The van der Waals surface area contributed by atoms with Crippen LogP contribution in [0.1, 0.15) is 0 Å². The maximum Gasteiger partial charge on any atom is 0.0541 e. The SMILES string of the molecule is Brc1ccc2c(c1)c1ccccc1n2-c1cc(-c2ccc(-c3ccccc3)cc2)cc(-c2ccccc2-c2ccccc2)c1. The third-order valence-electron chi connectivity index (χ3n) is 8.46. The van der Waals surface area contributed by atoms with E-state index < -0.39 is 0 Å². The van der Waals surface area contributed by atoms with Crippen LogP contribution in [0, 0.1) is 0 Å². The molecule has 0 amide bonds. The Morgan fingerprint density at radius 2 is 0.864 bits per heavy atom. The molecule has 0 N–H and O–H groups in total. The van der Waals surface area contributed by atoms with Crippen LogP contribution in [0.15, 0.2) is 174 Å². The summed E-state index contributed by atoms with van der Waals surface area (Å²) in [6.45, 7) is 0. The molecule has 0 aliphatic rings. The Kier molecular flexibility index (Phi) is 6.70. The summed E-state index contributed by atoms with van der Waals surface area (Å²) in [5.41, 5.74) is 13.2. The number of aromatic nitrogens is 1. The van der Waals surface area contributed by atoms with Crippen LogP contribution < -0.4 is 0 Å². The maximum atomic E-state index is 3.71. The highest BCUT2D eigenvalue weighted by Gasteiger charge is 2.16. The molecule has 8 aromatic rings. The summed E-state index contributed by atoms with van der Waals surface area (Å²) < 4.78 is 3.49. The summed E-state index contributed by atoms with van der Waals surface area (Å²) in [4.78, 5) is 0. The van der Waals surface area contributed by atoms with Crippen molar-refractivity contribution >= 4 is 37.7 Å². The van der Waals surface area contributed by atoms with E-state index in [0.717, 1.165) is 10.2 Å². The molecular formula is C42H28BrN. The van der Waals surface area contributed by atoms with E-state index in [1.165, 1.54) is 66.3 Å². The number of hydrogen-bond donors (Lipinski definition) is 0. The molecule has 1 aromatic heterocycles. The van der Waals surface area contributed by atoms with Gasteiger partial charge in [-0.2, -0.15) is 0 Å². The second-order valence-electron chi connectivity index (χ2n) is 11.1. The second kappa shape index (κ2) is 11.1. The standard InChI is InChI=1S/C42H28BrN/c43-35-23-24-42-40(28-35)39-17-9-10-18-41(39)44(42)36-26-33(31-21-19-30(20-22-31)29-11-3-1-4-12-29)25-34(27-36)38-16-8-7-15-37(38)32-13-5-2-6-14-32/h1-28H. The number of rotatable bonds is 5. The van der Waals surface area contributed by atoms with Gasteiger partial charge in [0, 0.05) is 20.9 Å². The molecule has 0 radical (unpaired) electrons. The molecule has 208 valence electrons. The Morgan fingerprint density at radius 1 is 0.341 bits per heavy atom. The molecule has 2 heteroatoms. The van der Waals surface area contributed by atoms with Crippen molar-refractivity contribution in [1.82, 2.24) is 4.57 Å². The summed E-state index contributed by atoms with van der Waals surface area (Å²) in [5.74, 6) is 0. The van der Waals surface area contributed by atoms with Crippen LogP contribution in [0.5, 0.6) is 0 Å². The first kappa shape index (κ1) is 26.4. The van der Waals surface area contributed by atoms with Gasteiger partial charge >= 0.3 is 0 Å². The molecule has 0 spiro atoms. The predicted molar refractivity (Wildman–Crippen MR) is 190 cm³/mol. The van der Waals surface area contributed by atoms with Gasteiger partial charge in [0.05, 0.1) is 11.0 Å². The topological polar surface area (TPSA) is 4.93 Å². The maximum absolute atomic E-state index is 3.71. The Bertz CT molecular complexity index is 2260. The fourth-order valence-corrected chi connectivity index (χ4v) is 6.74. The molecule has 0 atom stereocenters. The molecule has 0 aliphatic carbocycles. The molecular weight excluding hydrogens is 598 g/mol. The van der Waals surface area contributed by atoms with E-state index in [1.807, 2.05) is 0 Å². The average Bonchev–Trinajstić information content (AvgIpc) is 3.42. The number of benzene rings is 7. The highest BCUT2D eigenvalue weighted by molar-refractivity contribution is 9.10. The molecule has 0 unspecified atom stereocenters. The lowest BCUT2D eigenvalue weighted by atomic mass is 9.91. The van der Waals surface area contributed by atoms with Gasteiger partial charge in [-0.25, -0.2) is 0 Å². The lowest BCUT2D eigenvalue weighted by molar-refractivity contribution is 1.18. The van der Waals surface area contributed by atoms with E-state index in [0.29, 0.717) is 0 Å². The predicted octanol–water partition coefficient (Wildman–Crippen LogP) is 12.2. The zero-order chi connectivity index (χ0) is 29.5. The molecule has 0 saturated carbocycles. The van der Waals surface area contributed by atoms with Gasteiger partial charge < -0.3 is 4.57 Å². The molecule has 8 rings (SSSR count). The van der Waals surface area contributed by atoms with Crippen LogP contribution >= 0.6 is 15.9 Å². The van der Waals surface area contributed by atoms with Gasteiger partial charge in [0.1, 0.15) is 0 Å². The summed E-state index contributed by atoms with van der Waals surface area (Å²) in [6.07, 6.45) is 0. The van der Waals surface area contributed by atoms with Gasteiger partial charge in [-0.3, -0.25) is 0 Å². The van der Waals surface area contributed by atoms with E-state index in [-0.39, 0.29) is 0 Å². The van der Waals surface area contributed by atoms with Gasteiger partial charge in [-0.15, -0.1) is 0 Å². The lowest BCUT2D eigenvalue weighted by Crippen LogP contribution is -1.96.